The van der Waals surface area contributed by atoms with Gasteiger partial charge in [0.25, 0.3) is 11.8 Å². The van der Waals surface area contributed by atoms with Crippen LogP contribution in [0.1, 0.15) is 5.56 Å². The van der Waals surface area contributed by atoms with Gasteiger partial charge < -0.3 is 13.9 Å². The first-order valence-corrected chi connectivity index (χ1v) is 8.28. The van der Waals surface area contributed by atoms with Gasteiger partial charge in [0.2, 0.25) is 0 Å². The van der Waals surface area contributed by atoms with Gasteiger partial charge in [0.15, 0.2) is 0 Å². The fourth-order valence-electron chi connectivity index (χ4n) is 2.29. The molecule has 0 saturated carbocycles. The molecule has 0 aliphatic heterocycles. The molecule has 0 bridgehead atoms. The normalized spacial score (nSPS) is 10.8. The van der Waals surface area contributed by atoms with Crippen LogP contribution in [0.5, 0.6) is 11.5 Å². The van der Waals surface area contributed by atoms with Gasteiger partial charge in [-0.15, -0.1) is 5.10 Å². The van der Waals surface area contributed by atoms with Crippen molar-refractivity contribution in [1.82, 2.24) is 10.2 Å². The molecule has 1 amide bonds. The number of ether oxygens (including phenoxy) is 2. The molecule has 2 aromatic carbocycles. The predicted molar refractivity (Wildman–Crippen MR) is 102 cm³/mol. The molecule has 0 unspecified atom stereocenters. The molecule has 0 spiro atoms. The minimum atomic E-state index is -0.428. The molecule has 1 aromatic heterocycles. The van der Waals surface area contributed by atoms with Crippen molar-refractivity contribution in [2.75, 3.05) is 19.5 Å². The zero-order valence-corrected chi connectivity index (χ0v) is 15.4. The Hall–Kier alpha value is -3.32. The number of carbonyl (C=O) groups is 1. The summed E-state index contributed by atoms with van der Waals surface area (Å²) in [5.41, 5.74) is 1.28. The van der Waals surface area contributed by atoms with E-state index in [4.69, 9.17) is 25.5 Å². The van der Waals surface area contributed by atoms with Gasteiger partial charge in [-0.05, 0) is 35.9 Å². The largest absolute Gasteiger partial charge is 0.497 e. The van der Waals surface area contributed by atoms with Gasteiger partial charge in [-0.1, -0.05) is 34.9 Å². The van der Waals surface area contributed by atoms with E-state index in [-0.39, 0.29) is 11.9 Å². The number of anilines is 1. The van der Waals surface area contributed by atoms with E-state index < -0.39 is 5.91 Å². The van der Waals surface area contributed by atoms with E-state index in [0.717, 1.165) is 5.56 Å². The number of aromatic nitrogens is 2. The molecule has 1 heterocycles. The number of methoxy groups -OCH3 is 2. The number of nitrogens with zero attached hydrogens (tertiary/aromatic N) is 2. The van der Waals surface area contributed by atoms with Crippen molar-refractivity contribution < 1.29 is 18.7 Å². The van der Waals surface area contributed by atoms with Crippen LogP contribution in [0.15, 0.2) is 53.0 Å². The Bertz CT molecular complexity index is 985. The maximum atomic E-state index is 12.1. The van der Waals surface area contributed by atoms with E-state index >= 15 is 0 Å². The maximum Gasteiger partial charge on any atom is 0.322 e. The number of rotatable bonds is 6. The molecule has 0 radical (unpaired) electrons. The van der Waals surface area contributed by atoms with Gasteiger partial charge in [0.05, 0.1) is 19.8 Å². The van der Waals surface area contributed by atoms with Gasteiger partial charge in [0, 0.05) is 11.1 Å². The smallest absolute Gasteiger partial charge is 0.322 e. The summed E-state index contributed by atoms with van der Waals surface area (Å²) >= 11 is 6.05. The number of halogens is 1. The summed E-state index contributed by atoms with van der Waals surface area (Å²) in [4.78, 5) is 12.1. The fourth-order valence-corrected chi connectivity index (χ4v) is 2.49. The number of nitrogens with one attached hydrogen (secondary N) is 1. The first-order valence-electron chi connectivity index (χ1n) is 7.90. The molecule has 0 aliphatic rings. The highest BCUT2D eigenvalue weighted by Crippen LogP contribution is 2.33. The number of hydrogen-bond donors (Lipinski definition) is 1. The van der Waals surface area contributed by atoms with Crippen molar-refractivity contribution in [3.63, 3.8) is 0 Å². The van der Waals surface area contributed by atoms with Crippen LogP contribution in [0.25, 0.3) is 17.5 Å². The summed E-state index contributed by atoms with van der Waals surface area (Å²) in [6.07, 6.45) is 2.93. The zero-order valence-electron chi connectivity index (χ0n) is 14.6. The van der Waals surface area contributed by atoms with Crippen LogP contribution in [0.3, 0.4) is 0 Å². The average molecular weight is 386 g/mol. The van der Waals surface area contributed by atoms with Gasteiger partial charge in [-0.3, -0.25) is 10.1 Å². The summed E-state index contributed by atoms with van der Waals surface area (Å²) < 4.78 is 16.0. The second kappa shape index (κ2) is 8.37. The van der Waals surface area contributed by atoms with Gasteiger partial charge in [-0.25, -0.2) is 0 Å². The number of amides is 1. The van der Waals surface area contributed by atoms with E-state index in [2.05, 4.69) is 15.5 Å². The van der Waals surface area contributed by atoms with Crippen LogP contribution in [-0.4, -0.2) is 30.3 Å². The highest BCUT2D eigenvalue weighted by Gasteiger charge is 2.15. The Morgan fingerprint density at radius 1 is 1.15 bits per heavy atom. The predicted octanol–water partition coefficient (Wildman–Crippen LogP) is 4.06. The van der Waals surface area contributed by atoms with E-state index in [1.165, 1.54) is 13.2 Å². The van der Waals surface area contributed by atoms with E-state index in [1.807, 2.05) is 12.1 Å². The van der Waals surface area contributed by atoms with Gasteiger partial charge in [-0.2, -0.15) is 0 Å². The first-order chi connectivity index (χ1) is 13.1. The molecule has 0 fully saturated rings. The third kappa shape index (κ3) is 4.45. The van der Waals surface area contributed by atoms with E-state index in [9.17, 15) is 4.79 Å². The topological polar surface area (TPSA) is 86.5 Å². The van der Waals surface area contributed by atoms with Crippen LogP contribution in [0.4, 0.5) is 6.01 Å². The van der Waals surface area contributed by atoms with Crippen molar-refractivity contribution in [2.24, 2.45) is 0 Å². The van der Waals surface area contributed by atoms with Gasteiger partial charge in [0.1, 0.15) is 11.5 Å². The molecule has 8 heteroatoms. The van der Waals surface area contributed by atoms with Crippen LogP contribution in [0, 0.1) is 0 Å². The van der Waals surface area contributed by atoms with Crippen LogP contribution in [-0.2, 0) is 4.79 Å². The molecule has 3 rings (SSSR count). The summed E-state index contributed by atoms with van der Waals surface area (Å²) in [6.45, 7) is 0. The number of hydrogen-bond acceptors (Lipinski definition) is 6. The molecular weight excluding hydrogens is 370 g/mol. The second-order valence-corrected chi connectivity index (χ2v) is 5.73. The average Bonchev–Trinajstić information content (AvgIpc) is 3.15. The molecule has 1 N–H and O–H groups in total. The molecular formula is C19H16ClN3O4. The Kier molecular flexibility index (Phi) is 5.73. The summed E-state index contributed by atoms with van der Waals surface area (Å²) in [5, 5.41) is 10.8. The summed E-state index contributed by atoms with van der Waals surface area (Å²) in [7, 11) is 3.08. The highest BCUT2D eigenvalue weighted by atomic mass is 35.5. The minimum Gasteiger partial charge on any atom is -0.497 e. The first kappa shape index (κ1) is 18.5. The zero-order chi connectivity index (χ0) is 19.2. The Morgan fingerprint density at radius 2 is 1.96 bits per heavy atom. The number of carbonyl (C=O) groups excluding carboxylic acids is 1. The third-order valence-corrected chi connectivity index (χ3v) is 3.96. The molecule has 0 aliphatic carbocycles. The van der Waals surface area contributed by atoms with Crippen LogP contribution in [0.2, 0.25) is 5.02 Å². The lowest BCUT2D eigenvalue weighted by atomic mass is 10.2. The van der Waals surface area contributed by atoms with Crippen molar-refractivity contribution in [3.8, 4) is 23.0 Å². The fraction of sp³-hybridized carbons (Fsp3) is 0.105. The quantitative estimate of drug-likeness (QED) is 0.644. The van der Waals surface area contributed by atoms with Gasteiger partial charge >= 0.3 is 6.01 Å². The molecule has 138 valence electrons. The third-order valence-electron chi connectivity index (χ3n) is 3.61. The maximum absolute atomic E-state index is 12.1. The van der Waals surface area contributed by atoms with Crippen LogP contribution < -0.4 is 14.8 Å². The Balaban J connectivity index is 1.75. The molecule has 0 atom stereocenters. The Morgan fingerprint density at radius 3 is 2.70 bits per heavy atom. The second-order valence-electron chi connectivity index (χ2n) is 5.32. The van der Waals surface area contributed by atoms with E-state index in [0.29, 0.717) is 22.1 Å². The highest BCUT2D eigenvalue weighted by molar-refractivity contribution is 6.32. The summed E-state index contributed by atoms with van der Waals surface area (Å²) in [5.74, 6) is 0.909. The SMILES string of the molecule is COc1ccc(OC)c(-c2nnc(NC(=O)C=Cc3ccccc3Cl)o2)c1. The monoisotopic (exact) mass is 385 g/mol. The molecule has 3 aromatic rings. The summed E-state index contributed by atoms with van der Waals surface area (Å²) in [6, 6.07) is 12.3. The van der Waals surface area contributed by atoms with Crippen molar-refractivity contribution in [2.45, 2.75) is 0 Å². The molecule has 0 saturated heterocycles. The molecule has 27 heavy (non-hydrogen) atoms. The minimum absolute atomic E-state index is 0.0383. The lowest BCUT2D eigenvalue weighted by molar-refractivity contribution is -0.112. The molecule has 7 nitrogen and oxygen atoms in total. The Labute approximate surface area is 160 Å². The standard InChI is InChI=1S/C19H16ClN3O4/c1-25-13-8-9-16(26-2)14(11-13)18-22-23-19(27-18)21-17(24)10-7-12-5-3-4-6-15(12)20/h3-11H,1-2H3,(H,21,23,24). The van der Waals surface area contributed by atoms with Crippen LogP contribution >= 0.6 is 11.6 Å². The van der Waals surface area contributed by atoms with Crippen molar-refractivity contribution in [1.29, 1.82) is 0 Å². The van der Waals surface area contributed by atoms with E-state index in [1.54, 1.807) is 43.5 Å². The van der Waals surface area contributed by atoms with Crippen molar-refractivity contribution in [3.05, 3.63) is 59.1 Å². The lowest BCUT2D eigenvalue weighted by Crippen LogP contribution is -2.07. The number of benzene rings is 2. The van der Waals surface area contributed by atoms with Crippen molar-refractivity contribution >= 4 is 29.6 Å². The lowest BCUT2D eigenvalue weighted by Gasteiger charge is -2.07.